The maximum Gasteiger partial charge on any atom is 0.119 e. The number of rotatable bonds is 11. The van der Waals surface area contributed by atoms with Gasteiger partial charge in [0.25, 0.3) is 0 Å². The molecule has 0 aromatic heterocycles. The van der Waals surface area contributed by atoms with E-state index in [4.69, 9.17) is 4.74 Å². The second-order valence-corrected chi connectivity index (χ2v) is 6.03. The van der Waals surface area contributed by atoms with E-state index in [-0.39, 0.29) is 0 Å². The van der Waals surface area contributed by atoms with Crippen molar-refractivity contribution in [3.8, 4) is 5.75 Å². The van der Waals surface area contributed by atoms with Crippen molar-refractivity contribution in [1.82, 2.24) is 5.32 Å². The average molecular weight is 291 g/mol. The summed E-state index contributed by atoms with van der Waals surface area (Å²) in [7, 11) is 0. The summed E-state index contributed by atoms with van der Waals surface area (Å²) >= 11 is 0. The Hall–Kier alpha value is -1.02. The number of ether oxygens (including phenoxy) is 1. The van der Waals surface area contributed by atoms with Gasteiger partial charge in [-0.1, -0.05) is 52.7 Å². The summed E-state index contributed by atoms with van der Waals surface area (Å²) in [5, 5.41) is 3.68. The smallest absolute Gasteiger partial charge is 0.119 e. The molecular weight excluding hydrogens is 258 g/mol. The second kappa shape index (κ2) is 10.7. The van der Waals surface area contributed by atoms with Crippen LogP contribution in [0.15, 0.2) is 24.3 Å². The molecule has 0 fully saturated rings. The van der Waals surface area contributed by atoms with Gasteiger partial charge in [0.15, 0.2) is 0 Å². The van der Waals surface area contributed by atoms with Crippen LogP contribution in [0.3, 0.4) is 0 Å². The van der Waals surface area contributed by atoms with E-state index in [0.29, 0.717) is 6.04 Å². The van der Waals surface area contributed by atoms with Gasteiger partial charge in [-0.3, -0.25) is 0 Å². The quantitative estimate of drug-likeness (QED) is 0.555. The predicted octanol–water partition coefficient (Wildman–Crippen LogP) is 5.34. The molecule has 2 unspecified atom stereocenters. The van der Waals surface area contributed by atoms with Crippen LogP contribution in [0.2, 0.25) is 0 Å². The molecule has 0 saturated heterocycles. The third kappa shape index (κ3) is 6.99. The molecule has 2 atom stereocenters. The molecule has 1 N–H and O–H groups in total. The summed E-state index contributed by atoms with van der Waals surface area (Å²) in [5.41, 5.74) is 1.38. The first-order valence-electron chi connectivity index (χ1n) is 8.67. The summed E-state index contributed by atoms with van der Waals surface area (Å²) in [6.07, 6.45) is 5.91. The van der Waals surface area contributed by atoms with Gasteiger partial charge in [0.2, 0.25) is 0 Å². The van der Waals surface area contributed by atoms with Crippen molar-refractivity contribution in [3.63, 3.8) is 0 Å². The van der Waals surface area contributed by atoms with Crippen molar-refractivity contribution in [1.29, 1.82) is 0 Å². The molecule has 0 aliphatic carbocycles. The fourth-order valence-corrected chi connectivity index (χ4v) is 2.36. The molecule has 0 aliphatic rings. The lowest BCUT2D eigenvalue weighted by Gasteiger charge is -2.22. The van der Waals surface area contributed by atoms with Gasteiger partial charge in [-0.05, 0) is 49.4 Å². The van der Waals surface area contributed by atoms with Crippen molar-refractivity contribution in [3.05, 3.63) is 29.8 Å². The Bertz CT molecular complexity index is 360. The highest BCUT2D eigenvalue weighted by atomic mass is 16.5. The highest BCUT2D eigenvalue weighted by Gasteiger charge is 2.13. The van der Waals surface area contributed by atoms with Crippen LogP contribution >= 0.6 is 0 Å². The maximum absolute atomic E-state index is 5.74. The lowest BCUT2D eigenvalue weighted by molar-refractivity contribution is 0.309. The molecule has 2 nitrogen and oxygen atoms in total. The topological polar surface area (TPSA) is 21.3 Å². The van der Waals surface area contributed by atoms with Crippen LogP contribution in [0.5, 0.6) is 5.75 Å². The van der Waals surface area contributed by atoms with Crippen LogP contribution in [0, 0.1) is 5.92 Å². The zero-order valence-corrected chi connectivity index (χ0v) is 14.3. The van der Waals surface area contributed by atoms with Gasteiger partial charge in [0.1, 0.15) is 5.75 Å². The molecule has 0 bridgehead atoms. The van der Waals surface area contributed by atoms with E-state index in [2.05, 4.69) is 57.3 Å². The molecule has 21 heavy (non-hydrogen) atoms. The highest BCUT2D eigenvalue weighted by molar-refractivity contribution is 5.29. The van der Waals surface area contributed by atoms with Crippen LogP contribution in [0.1, 0.15) is 71.4 Å². The zero-order chi connectivity index (χ0) is 15.5. The molecule has 120 valence electrons. The van der Waals surface area contributed by atoms with Gasteiger partial charge in [0.05, 0.1) is 6.61 Å². The number of nitrogens with one attached hydrogen (secondary N) is 1. The number of hydrogen-bond acceptors (Lipinski definition) is 2. The van der Waals surface area contributed by atoms with Crippen molar-refractivity contribution >= 4 is 0 Å². The lowest BCUT2D eigenvalue weighted by atomic mass is 9.94. The minimum absolute atomic E-state index is 0.463. The zero-order valence-electron chi connectivity index (χ0n) is 14.3. The van der Waals surface area contributed by atoms with Crippen molar-refractivity contribution in [2.45, 2.75) is 65.8 Å². The summed E-state index contributed by atoms with van der Waals surface area (Å²) in [5.74, 6) is 1.74. The number of unbranched alkanes of at least 4 members (excludes halogenated alkanes) is 1. The molecule has 0 aliphatic heterocycles. The maximum atomic E-state index is 5.74. The Morgan fingerprint density at radius 1 is 1.05 bits per heavy atom. The van der Waals surface area contributed by atoms with Crippen molar-refractivity contribution in [2.75, 3.05) is 13.2 Å². The molecule has 0 spiro atoms. The summed E-state index contributed by atoms with van der Waals surface area (Å²) < 4.78 is 5.74. The van der Waals surface area contributed by atoms with E-state index in [1.54, 1.807) is 0 Å². The molecule has 1 rings (SSSR count). The largest absolute Gasteiger partial charge is 0.494 e. The Morgan fingerprint density at radius 3 is 2.33 bits per heavy atom. The molecule has 1 aromatic carbocycles. The number of hydrogen-bond donors (Lipinski definition) is 1. The van der Waals surface area contributed by atoms with Gasteiger partial charge < -0.3 is 10.1 Å². The van der Waals surface area contributed by atoms with Crippen molar-refractivity contribution < 1.29 is 4.74 Å². The van der Waals surface area contributed by atoms with Crippen LogP contribution in [0.25, 0.3) is 0 Å². The van der Waals surface area contributed by atoms with Crippen LogP contribution in [-0.4, -0.2) is 13.2 Å². The normalized spacial score (nSPS) is 13.9. The average Bonchev–Trinajstić information content (AvgIpc) is 2.52. The van der Waals surface area contributed by atoms with Gasteiger partial charge in [-0.15, -0.1) is 0 Å². The Labute approximate surface area is 131 Å². The standard InChI is InChI=1S/C19H33NO/c1-5-8-14-21-18-11-9-17(10-12-18)19(20-13-6-2)15-16(4)7-3/h9-12,16,19-20H,5-8,13-15H2,1-4H3. The third-order valence-electron chi connectivity index (χ3n) is 4.02. The Kier molecular flexibility index (Phi) is 9.16. The SMILES string of the molecule is CCCCOc1ccc(C(CC(C)CC)NCCC)cc1. The second-order valence-electron chi connectivity index (χ2n) is 6.03. The first-order valence-corrected chi connectivity index (χ1v) is 8.67. The third-order valence-corrected chi connectivity index (χ3v) is 4.02. The number of benzene rings is 1. The van der Waals surface area contributed by atoms with Crippen LogP contribution < -0.4 is 10.1 Å². The molecule has 0 amide bonds. The van der Waals surface area contributed by atoms with E-state index in [1.165, 1.54) is 31.2 Å². The molecular formula is C19H33NO. The van der Waals surface area contributed by atoms with Gasteiger partial charge >= 0.3 is 0 Å². The van der Waals surface area contributed by atoms with Gasteiger partial charge in [0, 0.05) is 6.04 Å². The highest BCUT2D eigenvalue weighted by Crippen LogP contribution is 2.25. The summed E-state index contributed by atoms with van der Waals surface area (Å²) in [6, 6.07) is 9.13. The monoisotopic (exact) mass is 291 g/mol. The molecule has 0 radical (unpaired) electrons. The predicted molar refractivity (Wildman–Crippen MR) is 92.0 cm³/mol. The minimum atomic E-state index is 0.463. The lowest BCUT2D eigenvalue weighted by Crippen LogP contribution is -2.24. The van der Waals surface area contributed by atoms with Gasteiger partial charge in [-0.2, -0.15) is 0 Å². The van der Waals surface area contributed by atoms with Crippen LogP contribution in [-0.2, 0) is 0 Å². The molecule has 0 saturated carbocycles. The first-order chi connectivity index (χ1) is 10.2. The van der Waals surface area contributed by atoms with E-state index in [9.17, 15) is 0 Å². The van der Waals surface area contributed by atoms with Crippen molar-refractivity contribution in [2.24, 2.45) is 5.92 Å². The molecule has 2 heteroatoms. The van der Waals surface area contributed by atoms with Crippen LogP contribution in [0.4, 0.5) is 0 Å². The summed E-state index contributed by atoms with van der Waals surface area (Å²) in [4.78, 5) is 0. The molecule has 1 aromatic rings. The minimum Gasteiger partial charge on any atom is -0.494 e. The van der Waals surface area contributed by atoms with E-state index >= 15 is 0 Å². The fraction of sp³-hybridized carbons (Fsp3) is 0.684. The molecule has 0 heterocycles. The Morgan fingerprint density at radius 2 is 1.76 bits per heavy atom. The van der Waals surface area contributed by atoms with E-state index in [0.717, 1.165) is 31.2 Å². The summed E-state index contributed by atoms with van der Waals surface area (Å²) in [6.45, 7) is 10.9. The Balaban J connectivity index is 2.63. The fourth-order valence-electron chi connectivity index (χ4n) is 2.36. The van der Waals surface area contributed by atoms with E-state index < -0.39 is 0 Å². The van der Waals surface area contributed by atoms with E-state index in [1.807, 2.05) is 0 Å². The first kappa shape index (κ1) is 18.0. The van der Waals surface area contributed by atoms with Gasteiger partial charge in [-0.25, -0.2) is 0 Å².